The van der Waals surface area contributed by atoms with Crippen molar-refractivity contribution in [3.05, 3.63) is 73.4 Å². The lowest BCUT2D eigenvalue weighted by Gasteiger charge is -2.20. The third-order valence-corrected chi connectivity index (χ3v) is 4.55. The number of nitrogens with zero attached hydrogens (tertiary/aromatic N) is 2. The van der Waals surface area contributed by atoms with Crippen LogP contribution in [0.2, 0.25) is 0 Å². The van der Waals surface area contributed by atoms with Crippen molar-refractivity contribution in [3.63, 3.8) is 0 Å². The number of non-ortho nitro benzene ring substituents is 1. The molecule has 0 aliphatic heterocycles. The molecule has 0 aliphatic rings. The van der Waals surface area contributed by atoms with E-state index in [0.717, 1.165) is 8.66 Å². The van der Waals surface area contributed by atoms with Gasteiger partial charge in [0.15, 0.2) is 0 Å². The van der Waals surface area contributed by atoms with Crippen LogP contribution in [0.25, 0.3) is 0 Å². The van der Waals surface area contributed by atoms with Gasteiger partial charge in [-0.15, -0.1) is 17.9 Å². The largest absolute Gasteiger partial charge is 0.330 e. The van der Waals surface area contributed by atoms with E-state index in [1.165, 1.54) is 24.3 Å². The first kappa shape index (κ1) is 16.4. The van der Waals surface area contributed by atoms with Crippen LogP contribution in [0.15, 0.2) is 52.8 Å². The summed E-state index contributed by atoms with van der Waals surface area (Å²) in [5.41, 5.74) is 0.386. The summed E-state index contributed by atoms with van der Waals surface area (Å²) in [5, 5.41) is 10.7. The van der Waals surface area contributed by atoms with Gasteiger partial charge < -0.3 is 4.90 Å². The Balaban J connectivity index is 2.18. The average molecular weight is 381 g/mol. The molecule has 114 valence electrons. The van der Waals surface area contributed by atoms with Gasteiger partial charge in [-0.05, 0) is 40.2 Å². The molecular weight excluding hydrogens is 368 g/mol. The van der Waals surface area contributed by atoms with Crippen LogP contribution in [-0.4, -0.2) is 22.3 Å². The first-order valence-electron chi connectivity index (χ1n) is 6.40. The van der Waals surface area contributed by atoms with Gasteiger partial charge in [0.05, 0.1) is 15.3 Å². The lowest BCUT2D eigenvalue weighted by atomic mass is 10.1. The van der Waals surface area contributed by atoms with E-state index in [1.54, 1.807) is 22.3 Å². The van der Waals surface area contributed by atoms with Crippen molar-refractivity contribution >= 4 is 38.9 Å². The highest BCUT2D eigenvalue weighted by molar-refractivity contribution is 9.11. The van der Waals surface area contributed by atoms with E-state index < -0.39 is 4.92 Å². The van der Waals surface area contributed by atoms with E-state index in [4.69, 9.17) is 0 Å². The Morgan fingerprint density at radius 2 is 2.00 bits per heavy atom. The SMILES string of the molecule is C=CCN(Cc1ccc(Br)s1)C(=O)c1ccc([N+](=O)[O-])cc1. The number of amides is 1. The van der Waals surface area contributed by atoms with Gasteiger partial charge in [-0.3, -0.25) is 14.9 Å². The standard InChI is InChI=1S/C15H13BrN2O3S/c1-2-9-17(10-13-7-8-14(16)22-13)15(19)11-3-5-12(6-4-11)18(20)21/h2-8H,1,9-10H2. The fraction of sp³-hybridized carbons (Fsp3) is 0.133. The zero-order valence-electron chi connectivity index (χ0n) is 11.6. The highest BCUT2D eigenvalue weighted by Gasteiger charge is 2.17. The Labute approximate surface area is 140 Å². The molecule has 0 fully saturated rings. The smallest absolute Gasteiger partial charge is 0.269 e. The number of rotatable bonds is 6. The van der Waals surface area contributed by atoms with Crippen molar-refractivity contribution in [2.24, 2.45) is 0 Å². The van der Waals surface area contributed by atoms with Crippen LogP contribution in [0.3, 0.4) is 0 Å². The lowest BCUT2D eigenvalue weighted by molar-refractivity contribution is -0.384. The second-order valence-electron chi connectivity index (χ2n) is 4.48. The van der Waals surface area contributed by atoms with Crippen LogP contribution in [0.1, 0.15) is 15.2 Å². The van der Waals surface area contributed by atoms with E-state index in [0.29, 0.717) is 18.7 Å². The van der Waals surface area contributed by atoms with Crippen molar-refractivity contribution in [3.8, 4) is 0 Å². The molecule has 0 atom stereocenters. The summed E-state index contributed by atoms with van der Waals surface area (Å²) < 4.78 is 1.00. The minimum absolute atomic E-state index is 0.0333. The zero-order valence-corrected chi connectivity index (χ0v) is 14.0. The van der Waals surface area contributed by atoms with Crippen LogP contribution >= 0.6 is 27.3 Å². The number of halogens is 1. The molecule has 5 nitrogen and oxygen atoms in total. The summed E-state index contributed by atoms with van der Waals surface area (Å²) in [4.78, 5) is 25.4. The molecule has 22 heavy (non-hydrogen) atoms. The molecule has 0 aliphatic carbocycles. The molecule has 1 aromatic heterocycles. The second-order valence-corrected chi connectivity index (χ2v) is 7.03. The molecule has 0 radical (unpaired) electrons. The summed E-state index contributed by atoms with van der Waals surface area (Å²) in [6.45, 7) is 4.55. The molecule has 0 unspecified atom stereocenters. The molecule has 0 N–H and O–H groups in total. The first-order chi connectivity index (χ1) is 10.5. The third-order valence-electron chi connectivity index (χ3n) is 2.94. The number of nitro benzene ring substituents is 1. The van der Waals surface area contributed by atoms with Crippen LogP contribution in [0.4, 0.5) is 5.69 Å². The van der Waals surface area contributed by atoms with Gasteiger partial charge >= 0.3 is 0 Å². The van der Waals surface area contributed by atoms with Gasteiger partial charge in [0.1, 0.15) is 0 Å². The lowest BCUT2D eigenvalue weighted by Crippen LogP contribution is -2.30. The maximum Gasteiger partial charge on any atom is 0.269 e. The number of thiophene rings is 1. The Hall–Kier alpha value is -1.99. The van der Waals surface area contributed by atoms with E-state index in [1.807, 2.05) is 12.1 Å². The molecule has 1 heterocycles. The van der Waals surface area contributed by atoms with E-state index in [-0.39, 0.29) is 11.6 Å². The molecule has 1 amide bonds. The average Bonchev–Trinajstić information content (AvgIpc) is 2.91. The molecule has 0 saturated heterocycles. The minimum Gasteiger partial charge on any atom is -0.330 e. The summed E-state index contributed by atoms with van der Waals surface area (Å²) in [6, 6.07) is 9.50. The van der Waals surface area contributed by atoms with Crippen LogP contribution in [0, 0.1) is 10.1 Å². The summed E-state index contributed by atoms with van der Waals surface area (Å²) in [7, 11) is 0. The monoisotopic (exact) mass is 380 g/mol. The Morgan fingerprint density at radius 3 is 2.50 bits per heavy atom. The predicted molar refractivity (Wildman–Crippen MR) is 90.1 cm³/mol. The third kappa shape index (κ3) is 4.02. The number of hydrogen-bond acceptors (Lipinski definition) is 4. The summed E-state index contributed by atoms with van der Waals surface area (Å²) in [6.07, 6.45) is 1.66. The van der Waals surface area contributed by atoms with Crippen LogP contribution in [0.5, 0.6) is 0 Å². The number of hydrogen-bond donors (Lipinski definition) is 0. The minimum atomic E-state index is -0.487. The quantitative estimate of drug-likeness (QED) is 0.427. The normalized spacial score (nSPS) is 10.2. The molecule has 0 spiro atoms. The van der Waals surface area contributed by atoms with Crippen molar-refractivity contribution in [1.29, 1.82) is 0 Å². The highest BCUT2D eigenvalue weighted by Crippen LogP contribution is 2.24. The van der Waals surface area contributed by atoms with E-state index >= 15 is 0 Å². The Morgan fingerprint density at radius 1 is 1.32 bits per heavy atom. The second kappa shape index (κ2) is 7.33. The van der Waals surface area contributed by atoms with Crippen molar-refractivity contribution in [2.45, 2.75) is 6.54 Å². The molecule has 2 aromatic rings. The molecular formula is C15H13BrN2O3S. The molecule has 0 saturated carbocycles. The Bertz CT molecular complexity index is 697. The highest BCUT2D eigenvalue weighted by atomic mass is 79.9. The topological polar surface area (TPSA) is 63.5 Å². The maximum absolute atomic E-state index is 12.5. The summed E-state index contributed by atoms with van der Waals surface area (Å²) >= 11 is 4.96. The van der Waals surface area contributed by atoms with Gasteiger partial charge in [0.2, 0.25) is 0 Å². The van der Waals surface area contributed by atoms with Gasteiger partial charge in [-0.1, -0.05) is 6.08 Å². The molecule has 2 rings (SSSR count). The first-order valence-corrected chi connectivity index (χ1v) is 8.01. The van der Waals surface area contributed by atoms with Gasteiger partial charge in [0.25, 0.3) is 11.6 Å². The zero-order chi connectivity index (χ0) is 16.1. The summed E-state index contributed by atoms with van der Waals surface area (Å²) in [5.74, 6) is -0.181. The predicted octanol–water partition coefficient (Wildman–Crippen LogP) is 4.25. The van der Waals surface area contributed by atoms with Crippen LogP contribution in [-0.2, 0) is 6.54 Å². The number of nitro groups is 1. The molecule has 0 bridgehead atoms. The van der Waals surface area contributed by atoms with Crippen molar-refractivity contribution in [2.75, 3.05) is 6.54 Å². The van der Waals surface area contributed by atoms with E-state index in [9.17, 15) is 14.9 Å². The van der Waals surface area contributed by atoms with Gasteiger partial charge in [0, 0.05) is 29.1 Å². The maximum atomic E-state index is 12.5. The molecule has 7 heteroatoms. The fourth-order valence-electron chi connectivity index (χ4n) is 1.91. The van der Waals surface area contributed by atoms with Crippen molar-refractivity contribution in [1.82, 2.24) is 4.90 Å². The van der Waals surface area contributed by atoms with Crippen LogP contribution < -0.4 is 0 Å². The number of carbonyl (C=O) groups excluding carboxylic acids is 1. The van der Waals surface area contributed by atoms with Crippen molar-refractivity contribution < 1.29 is 9.72 Å². The van der Waals surface area contributed by atoms with Gasteiger partial charge in [-0.25, -0.2) is 0 Å². The Kier molecular flexibility index (Phi) is 5.46. The number of benzene rings is 1. The fourth-order valence-corrected chi connectivity index (χ4v) is 3.41. The molecule has 1 aromatic carbocycles. The number of carbonyl (C=O) groups is 1. The van der Waals surface area contributed by atoms with E-state index in [2.05, 4.69) is 22.5 Å². The van der Waals surface area contributed by atoms with Gasteiger partial charge in [-0.2, -0.15) is 0 Å².